The van der Waals surface area contributed by atoms with Gasteiger partial charge in [0.15, 0.2) is 0 Å². The second-order valence-electron chi connectivity index (χ2n) is 7.16. The topological polar surface area (TPSA) is 97.0 Å². The van der Waals surface area contributed by atoms with Gasteiger partial charge in [0.1, 0.15) is 29.3 Å². The zero-order valence-corrected chi connectivity index (χ0v) is 16.2. The van der Waals surface area contributed by atoms with Gasteiger partial charge in [-0.05, 0) is 22.9 Å². The molecule has 0 saturated carbocycles. The van der Waals surface area contributed by atoms with Crippen molar-refractivity contribution in [2.24, 2.45) is 0 Å². The molecule has 6 nitrogen and oxygen atoms in total. The highest BCUT2D eigenvalue weighted by atomic mass is 16.5. The predicted molar refractivity (Wildman–Crippen MR) is 116 cm³/mol. The van der Waals surface area contributed by atoms with E-state index in [1.807, 2.05) is 30.3 Å². The van der Waals surface area contributed by atoms with Crippen LogP contribution < -0.4 is 5.63 Å². The van der Waals surface area contributed by atoms with E-state index in [-0.39, 0.29) is 23.7 Å². The summed E-state index contributed by atoms with van der Waals surface area (Å²) in [6, 6.07) is 20.3. The number of hydrogen-bond donors (Lipinski definition) is 2. The Morgan fingerprint density at radius 1 is 0.871 bits per heavy atom. The minimum absolute atomic E-state index is 0.142. The number of carbonyl (C=O) groups is 1. The maximum atomic E-state index is 12.7. The van der Waals surface area contributed by atoms with Crippen LogP contribution in [0.2, 0.25) is 0 Å². The molecule has 1 aromatic heterocycles. The van der Waals surface area contributed by atoms with E-state index in [0.717, 1.165) is 10.8 Å². The minimum Gasteiger partial charge on any atom is -0.507 e. The van der Waals surface area contributed by atoms with Gasteiger partial charge in [0.25, 0.3) is 0 Å². The van der Waals surface area contributed by atoms with Crippen molar-refractivity contribution in [3.8, 4) is 11.5 Å². The Kier molecular flexibility index (Phi) is 4.33. The summed E-state index contributed by atoms with van der Waals surface area (Å²) < 4.78 is 10.7. The minimum atomic E-state index is -0.819. The first-order valence-electron chi connectivity index (χ1n) is 9.58. The molecule has 0 bridgehead atoms. The van der Waals surface area contributed by atoms with Gasteiger partial charge in [-0.3, -0.25) is 0 Å². The average molecular weight is 412 g/mol. The van der Waals surface area contributed by atoms with Crippen molar-refractivity contribution in [2.75, 3.05) is 0 Å². The van der Waals surface area contributed by atoms with Gasteiger partial charge in [0, 0.05) is 27.8 Å². The normalized spacial score (nSPS) is 11.2. The number of rotatable bonds is 3. The molecule has 0 radical (unpaired) electrons. The van der Waals surface area contributed by atoms with Crippen LogP contribution in [0, 0.1) is 0 Å². The summed E-state index contributed by atoms with van der Waals surface area (Å²) in [5, 5.41) is 24.0. The Balaban J connectivity index is 1.55. The summed E-state index contributed by atoms with van der Waals surface area (Å²) in [6.07, 6.45) is 0. The third-order valence-electron chi connectivity index (χ3n) is 5.29. The fourth-order valence-electron chi connectivity index (χ4n) is 3.85. The fourth-order valence-corrected chi connectivity index (χ4v) is 3.85. The number of phenolic OH excluding ortho intramolecular Hbond substituents is 2. The monoisotopic (exact) mass is 412 g/mol. The van der Waals surface area contributed by atoms with Crippen molar-refractivity contribution in [1.82, 2.24) is 0 Å². The van der Waals surface area contributed by atoms with Crippen molar-refractivity contribution < 1.29 is 24.2 Å². The summed E-state index contributed by atoms with van der Waals surface area (Å²) in [5.41, 5.74) is 0.165. The van der Waals surface area contributed by atoms with Crippen LogP contribution in [0.5, 0.6) is 11.5 Å². The van der Waals surface area contributed by atoms with Crippen molar-refractivity contribution in [3.05, 3.63) is 94.3 Å². The van der Waals surface area contributed by atoms with Gasteiger partial charge in [-0.15, -0.1) is 0 Å². The first-order valence-corrected chi connectivity index (χ1v) is 9.58. The van der Waals surface area contributed by atoms with Crippen molar-refractivity contribution in [2.45, 2.75) is 6.61 Å². The van der Waals surface area contributed by atoms with Crippen LogP contribution in [-0.4, -0.2) is 16.2 Å². The Morgan fingerprint density at radius 3 is 2.39 bits per heavy atom. The van der Waals surface area contributed by atoms with Gasteiger partial charge in [0.05, 0.1) is 0 Å². The molecule has 31 heavy (non-hydrogen) atoms. The van der Waals surface area contributed by atoms with Gasteiger partial charge in [-0.2, -0.15) is 0 Å². The van der Waals surface area contributed by atoms with Gasteiger partial charge in [-0.25, -0.2) is 9.59 Å². The van der Waals surface area contributed by atoms with Crippen LogP contribution in [0.4, 0.5) is 0 Å². The molecule has 1 heterocycles. The number of hydrogen-bond acceptors (Lipinski definition) is 6. The highest BCUT2D eigenvalue weighted by Crippen LogP contribution is 2.36. The molecule has 152 valence electrons. The third-order valence-corrected chi connectivity index (χ3v) is 5.29. The fraction of sp³-hybridized carbons (Fsp3) is 0.0400. The largest absolute Gasteiger partial charge is 0.507 e. The average Bonchev–Trinajstić information content (AvgIpc) is 2.79. The van der Waals surface area contributed by atoms with E-state index in [0.29, 0.717) is 27.3 Å². The van der Waals surface area contributed by atoms with E-state index < -0.39 is 11.6 Å². The van der Waals surface area contributed by atoms with E-state index in [1.54, 1.807) is 30.3 Å². The number of fused-ring (bicyclic) bond motifs is 4. The molecule has 0 amide bonds. The van der Waals surface area contributed by atoms with Crippen LogP contribution >= 0.6 is 0 Å². The van der Waals surface area contributed by atoms with Crippen LogP contribution in [-0.2, 0) is 11.3 Å². The van der Waals surface area contributed by atoms with Crippen molar-refractivity contribution in [1.29, 1.82) is 0 Å². The molecule has 4 aromatic carbocycles. The zero-order valence-electron chi connectivity index (χ0n) is 16.2. The maximum Gasteiger partial charge on any atom is 0.342 e. The molecular formula is C25H16O6. The maximum absolute atomic E-state index is 12.7. The Morgan fingerprint density at radius 2 is 1.58 bits per heavy atom. The molecule has 0 aliphatic carbocycles. The van der Waals surface area contributed by atoms with Crippen LogP contribution in [0.1, 0.15) is 15.9 Å². The van der Waals surface area contributed by atoms with Crippen LogP contribution in [0.25, 0.3) is 32.5 Å². The molecule has 0 aliphatic heterocycles. The van der Waals surface area contributed by atoms with Crippen molar-refractivity contribution in [3.63, 3.8) is 0 Å². The van der Waals surface area contributed by atoms with E-state index in [9.17, 15) is 19.8 Å². The lowest BCUT2D eigenvalue weighted by molar-refractivity contribution is 0.0470. The Bertz CT molecular complexity index is 1550. The molecule has 5 aromatic rings. The number of benzene rings is 4. The Hall–Kier alpha value is -4.32. The summed E-state index contributed by atoms with van der Waals surface area (Å²) in [7, 11) is 0. The summed E-state index contributed by atoms with van der Waals surface area (Å²) >= 11 is 0. The summed E-state index contributed by atoms with van der Waals surface area (Å²) in [5.74, 6) is -1.24. The Labute approximate surface area is 175 Å². The van der Waals surface area contributed by atoms with Crippen molar-refractivity contribution >= 4 is 38.5 Å². The van der Waals surface area contributed by atoms with Crippen LogP contribution in [0.15, 0.2) is 82.0 Å². The molecular weight excluding hydrogens is 396 g/mol. The highest BCUT2D eigenvalue weighted by Gasteiger charge is 2.19. The molecule has 0 atom stereocenters. The third kappa shape index (κ3) is 3.14. The first kappa shape index (κ1) is 18.7. The number of ether oxygens (including phenoxy) is 1. The lowest BCUT2D eigenvalue weighted by Crippen LogP contribution is -2.08. The van der Waals surface area contributed by atoms with E-state index in [1.165, 1.54) is 12.1 Å². The number of carbonyl (C=O) groups excluding carboxylic acids is 1. The molecule has 0 aliphatic rings. The smallest absolute Gasteiger partial charge is 0.342 e. The number of phenols is 2. The summed E-state index contributed by atoms with van der Waals surface area (Å²) in [6.45, 7) is -0.206. The SMILES string of the molecule is O=C(OCc1cc(=O)oc2ccc3ccccc3c12)c1cc(O)c2ccccc2c1O. The standard InChI is InChI=1S/C25H16O6/c26-20-12-19(24(28)18-8-4-3-7-17(18)20)25(29)30-13-15-11-22(27)31-21-10-9-14-5-1-2-6-16(14)23(15)21/h1-12,26,28H,13H2. The second-order valence-corrected chi connectivity index (χ2v) is 7.16. The molecule has 0 fully saturated rings. The molecule has 0 saturated heterocycles. The molecule has 0 unspecified atom stereocenters. The van der Waals surface area contributed by atoms with E-state index >= 15 is 0 Å². The quantitative estimate of drug-likeness (QED) is 0.190. The predicted octanol–water partition coefficient (Wildman–Crippen LogP) is 4.87. The summed E-state index contributed by atoms with van der Waals surface area (Å²) in [4.78, 5) is 24.7. The van der Waals surface area contributed by atoms with Crippen LogP contribution in [0.3, 0.4) is 0 Å². The molecule has 2 N–H and O–H groups in total. The van der Waals surface area contributed by atoms with E-state index in [4.69, 9.17) is 9.15 Å². The second kappa shape index (κ2) is 7.18. The van der Waals surface area contributed by atoms with Gasteiger partial charge < -0.3 is 19.4 Å². The van der Waals surface area contributed by atoms with Gasteiger partial charge in [-0.1, -0.05) is 54.6 Å². The highest BCUT2D eigenvalue weighted by molar-refractivity contribution is 6.07. The molecule has 5 rings (SSSR count). The lowest BCUT2D eigenvalue weighted by atomic mass is 10.0. The van der Waals surface area contributed by atoms with Gasteiger partial charge >= 0.3 is 11.6 Å². The zero-order chi connectivity index (χ0) is 21.5. The lowest BCUT2D eigenvalue weighted by Gasteiger charge is -2.12. The molecule has 6 heteroatoms. The molecule has 0 spiro atoms. The van der Waals surface area contributed by atoms with E-state index in [2.05, 4.69) is 0 Å². The van der Waals surface area contributed by atoms with Gasteiger partial charge in [0.2, 0.25) is 0 Å². The first-order chi connectivity index (χ1) is 15.0. The number of aromatic hydroxyl groups is 2. The number of esters is 1.